The van der Waals surface area contributed by atoms with Gasteiger partial charge >= 0.3 is 12.1 Å². The Morgan fingerprint density at radius 1 is 1.06 bits per heavy atom. The first-order valence-corrected chi connectivity index (χ1v) is 10.5. The molecule has 2 saturated heterocycles. The average Bonchev–Trinajstić information content (AvgIpc) is 3.38. The number of aliphatic carboxylic acids is 1. The molecule has 2 unspecified atom stereocenters. The van der Waals surface area contributed by atoms with Crippen molar-refractivity contribution >= 4 is 12.1 Å². The number of carboxylic acids is 1. The van der Waals surface area contributed by atoms with E-state index in [9.17, 15) is 14.7 Å². The molecule has 3 aliphatic rings. The molecular formula is C24H25NO6. The van der Waals surface area contributed by atoms with Crippen molar-refractivity contribution in [1.82, 2.24) is 4.90 Å². The minimum absolute atomic E-state index is 0.0844. The fourth-order valence-electron chi connectivity index (χ4n) is 5.12. The number of fused-ring (bicyclic) bond motifs is 3. The second-order valence-corrected chi connectivity index (χ2v) is 9.01. The summed E-state index contributed by atoms with van der Waals surface area (Å²) in [6.07, 6.45) is -0.304. The summed E-state index contributed by atoms with van der Waals surface area (Å²) in [6, 6.07) is 15.1. The molecule has 1 spiro atoms. The first-order chi connectivity index (χ1) is 14.8. The molecule has 2 aliphatic heterocycles. The van der Waals surface area contributed by atoms with Crippen molar-refractivity contribution in [2.75, 3.05) is 19.8 Å². The molecule has 2 heterocycles. The van der Waals surface area contributed by atoms with Crippen molar-refractivity contribution in [1.29, 1.82) is 0 Å². The van der Waals surface area contributed by atoms with Crippen molar-refractivity contribution in [3.8, 4) is 11.1 Å². The van der Waals surface area contributed by atoms with Crippen LogP contribution in [0.4, 0.5) is 4.79 Å². The van der Waals surface area contributed by atoms with Gasteiger partial charge in [-0.15, -0.1) is 0 Å². The molecule has 7 heteroatoms. The van der Waals surface area contributed by atoms with Gasteiger partial charge in [0.25, 0.3) is 0 Å². The Hall–Kier alpha value is -2.90. The van der Waals surface area contributed by atoms with Crippen LogP contribution in [0.1, 0.15) is 37.3 Å². The van der Waals surface area contributed by atoms with Crippen LogP contribution in [-0.2, 0) is 19.0 Å². The van der Waals surface area contributed by atoms with E-state index in [1.54, 1.807) is 0 Å². The average molecular weight is 423 g/mol. The Morgan fingerprint density at radius 3 is 2.23 bits per heavy atom. The quantitative estimate of drug-likeness (QED) is 0.812. The molecule has 2 fully saturated rings. The monoisotopic (exact) mass is 423 g/mol. The maximum absolute atomic E-state index is 13.2. The maximum Gasteiger partial charge on any atom is 0.413 e. The van der Waals surface area contributed by atoms with E-state index in [1.165, 1.54) is 4.90 Å². The third-order valence-electron chi connectivity index (χ3n) is 6.47. The molecule has 2 aromatic carbocycles. The van der Waals surface area contributed by atoms with Gasteiger partial charge in [-0.1, -0.05) is 48.5 Å². The van der Waals surface area contributed by atoms with Crippen LogP contribution in [0.5, 0.6) is 0 Å². The van der Waals surface area contributed by atoms with Gasteiger partial charge in [-0.2, -0.15) is 0 Å². The third-order valence-corrected chi connectivity index (χ3v) is 6.47. The molecule has 162 valence electrons. The highest BCUT2D eigenvalue weighted by Crippen LogP contribution is 2.46. The van der Waals surface area contributed by atoms with Gasteiger partial charge in [0.05, 0.1) is 18.8 Å². The van der Waals surface area contributed by atoms with Crippen molar-refractivity contribution < 1.29 is 28.9 Å². The normalized spacial score (nSPS) is 26.1. The zero-order valence-electron chi connectivity index (χ0n) is 17.5. The number of nitrogens with zero attached hydrogens (tertiary/aromatic N) is 1. The number of hydrogen-bond donors (Lipinski definition) is 1. The second kappa shape index (κ2) is 7.07. The molecule has 1 aliphatic carbocycles. The number of carboxylic acid groups (broad SMARTS) is 1. The highest BCUT2D eigenvalue weighted by molar-refractivity contribution is 5.82. The molecule has 0 bridgehead atoms. The minimum Gasteiger partial charge on any atom is -0.480 e. The van der Waals surface area contributed by atoms with Gasteiger partial charge in [0, 0.05) is 12.3 Å². The lowest BCUT2D eigenvalue weighted by atomic mass is 9.98. The van der Waals surface area contributed by atoms with E-state index in [-0.39, 0.29) is 25.7 Å². The van der Waals surface area contributed by atoms with E-state index in [1.807, 2.05) is 50.2 Å². The molecule has 1 N–H and O–H groups in total. The Morgan fingerprint density at radius 2 is 1.68 bits per heavy atom. The van der Waals surface area contributed by atoms with Crippen LogP contribution in [0.15, 0.2) is 48.5 Å². The molecule has 5 rings (SSSR count). The largest absolute Gasteiger partial charge is 0.480 e. The summed E-state index contributed by atoms with van der Waals surface area (Å²) in [7, 11) is 0. The SMILES string of the molecule is CC1(C)CC2(CO1)OCC(C(=O)O)N2C(=O)OCC1c2ccccc2-c2ccccc21. The highest BCUT2D eigenvalue weighted by Gasteiger charge is 2.59. The molecule has 0 saturated carbocycles. The lowest BCUT2D eigenvalue weighted by molar-refractivity contribution is -0.143. The van der Waals surface area contributed by atoms with E-state index in [0.29, 0.717) is 6.42 Å². The summed E-state index contributed by atoms with van der Waals surface area (Å²) >= 11 is 0. The van der Waals surface area contributed by atoms with E-state index in [4.69, 9.17) is 14.2 Å². The molecular weight excluding hydrogens is 398 g/mol. The van der Waals surface area contributed by atoms with Gasteiger partial charge in [-0.25, -0.2) is 9.59 Å². The number of carbonyl (C=O) groups is 2. The van der Waals surface area contributed by atoms with E-state index < -0.39 is 29.4 Å². The van der Waals surface area contributed by atoms with Crippen molar-refractivity contribution in [2.45, 2.75) is 43.6 Å². The fraction of sp³-hybridized carbons (Fsp3) is 0.417. The Balaban J connectivity index is 1.40. The van der Waals surface area contributed by atoms with Crippen LogP contribution >= 0.6 is 0 Å². The summed E-state index contributed by atoms with van der Waals surface area (Å²) in [6.45, 7) is 3.95. The molecule has 0 radical (unpaired) electrons. The molecule has 1 amide bonds. The van der Waals surface area contributed by atoms with Crippen LogP contribution in [0.25, 0.3) is 11.1 Å². The van der Waals surface area contributed by atoms with Crippen molar-refractivity contribution in [3.05, 3.63) is 59.7 Å². The number of rotatable bonds is 3. The third kappa shape index (κ3) is 3.20. The van der Waals surface area contributed by atoms with Gasteiger partial charge in [-0.05, 0) is 36.1 Å². The predicted molar refractivity (Wildman–Crippen MR) is 112 cm³/mol. The van der Waals surface area contributed by atoms with Crippen LogP contribution in [0.2, 0.25) is 0 Å². The lowest BCUT2D eigenvalue weighted by Crippen LogP contribution is -2.54. The predicted octanol–water partition coefficient (Wildman–Crippen LogP) is 3.62. The Labute approximate surface area is 180 Å². The molecule has 2 aromatic rings. The summed E-state index contributed by atoms with van der Waals surface area (Å²) < 4.78 is 17.4. The van der Waals surface area contributed by atoms with Crippen molar-refractivity contribution in [3.63, 3.8) is 0 Å². The molecule has 0 aromatic heterocycles. The first kappa shape index (κ1) is 20.0. The summed E-state index contributed by atoms with van der Waals surface area (Å²) in [5.41, 5.74) is 2.83. The van der Waals surface area contributed by atoms with E-state index in [0.717, 1.165) is 22.3 Å². The Bertz CT molecular complexity index is 1000. The van der Waals surface area contributed by atoms with Crippen molar-refractivity contribution in [2.24, 2.45) is 0 Å². The fourth-order valence-corrected chi connectivity index (χ4v) is 5.12. The van der Waals surface area contributed by atoms with Crippen LogP contribution in [-0.4, -0.2) is 59.3 Å². The topological polar surface area (TPSA) is 85.3 Å². The van der Waals surface area contributed by atoms with Crippen LogP contribution in [0.3, 0.4) is 0 Å². The molecule has 2 atom stereocenters. The van der Waals surface area contributed by atoms with E-state index in [2.05, 4.69) is 12.1 Å². The van der Waals surface area contributed by atoms with Gasteiger partial charge < -0.3 is 19.3 Å². The van der Waals surface area contributed by atoms with Gasteiger partial charge in [0.15, 0.2) is 11.8 Å². The number of benzene rings is 2. The second-order valence-electron chi connectivity index (χ2n) is 9.01. The number of ether oxygens (including phenoxy) is 3. The molecule has 7 nitrogen and oxygen atoms in total. The maximum atomic E-state index is 13.2. The standard InChI is InChI=1S/C24H25NO6/c1-23(2)13-24(14-31-23)25(20(12-30-24)21(26)27)22(28)29-11-19-17-9-5-3-7-15(17)16-8-4-6-10-18(16)19/h3-10,19-20H,11-14H2,1-2H3,(H,26,27). The minimum atomic E-state index is -1.12. The van der Waals surface area contributed by atoms with E-state index >= 15 is 0 Å². The van der Waals surface area contributed by atoms with Gasteiger partial charge in [0.1, 0.15) is 6.61 Å². The first-order valence-electron chi connectivity index (χ1n) is 10.5. The lowest BCUT2D eigenvalue weighted by Gasteiger charge is -2.34. The summed E-state index contributed by atoms with van der Waals surface area (Å²) in [5, 5.41) is 9.68. The number of hydrogen-bond acceptors (Lipinski definition) is 5. The summed E-state index contributed by atoms with van der Waals surface area (Å²) in [5.74, 6) is -1.22. The Kier molecular flexibility index (Phi) is 4.57. The van der Waals surface area contributed by atoms with Crippen LogP contribution < -0.4 is 0 Å². The molecule has 31 heavy (non-hydrogen) atoms. The van der Waals surface area contributed by atoms with Gasteiger partial charge in [0.2, 0.25) is 0 Å². The number of amides is 1. The highest BCUT2D eigenvalue weighted by atomic mass is 16.6. The summed E-state index contributed by atoms with van der Waals surface area (Å²) in [4.78, 5) is 26.3. The smallest absolute Gasteiger partial charge is 0.413 e. The number of carbonyl (C=O) groups excluding carboxylic acids is 1. The van der Waals surface area contributed by atoms with Crippen LogP contribution in [0, 0.1) is 0 Å². The zero-order valence-corrected chi connectivity index (χ0v) is 17.5. The zero-order chi connectivity index (χ0) is 21.8. The van der Waals surface area contributed by atoms with Gasteiger partial charge in [-0.3, -0.25) is 4.90 Å².